The van der Waals surface area contributed by atoms with Crippen LogP contribution in [0, 0.1) is 0 Å². The summed E-state index contributed by atoms with van der Waals surface area (Å²) in [7, 11) is 0. The van der Waals surface area contributed by atoms with Gasteiger partial charge < -0.3 is 15.0 Å². The van der Waals surface area contributed by atoms with Gasteiger partial charge in [-0.2, -0.15) is 0 Å². The van der Waals surface area contributed by atoms with Gasteiger partial charge >= 0.3 is 12.0 Å². The molecule has 1 aliphatic carbocycles. The van der Waals surface area contributed by atoms with Gasteiger partial charge in [-0.3, -0.25) is 19.3 Å². The molecule has 4 rings (SSSR count). The molecule has 1 aromatic carbocycles. The van der Waals surface area contributed by atoms with Crippen LogP contribution in [0.25, 0.3) is 0 Å². The molecule has 1 N–H and O–H groups in total. The molecule has 154 valence electrons. The molecule has 3 aliphatic rings. The van der Waals surface area contributed by atoms with Crippen LogP contribution in [0.15, 0.2) is 24.3 Å². The number of carbonyl (C=O) groups is 4. The van der Waals surface area contributed by atoms with Gasteiger partial charge in [-0.15, -0.1) is 0 Å². The first-order chi connectivity index (χ1) is 13.8. The fourth-order valence-corrected chi connectivity index (χ4v) is 4.65. The van der Waals surface area contributed by atoms with Gasteiger partial charge in [-0.25, -0.2) is 4.79 Å². The number of nitrogens with zero attached hydrogens (tertiary/aromatic N) is 2. The Morgan fingerprint density at radius 3 is 2.66 bits per heavy atom. The van der Waals surface area contributed by atoms with Crippen molar-refractivity contribution in [1.29, 1.82) is 0 Å². The minimum Gasteiger partial charge on any atom is -0.451 e. The maximum Gasteiger partial charge on any atom is 0.327 e. The Morgan fingerprint density at radius 1 is 1.24 bits per heavy atom. The topological polar surface area (TPSA) is 96.0 Å². The molecule has 8 nitrogen and oxygen atoms in total. The Morgan fingerprint density at radius 2 is 1.93 bits per heavy atom. The fourth-order valence-electron chi connectivity index (χ4n) is 4.65. The van der Waals surface area contributed by atoms with E-state index in [-0.39, 0.29) is 17.9 Å². The summed E-state index contributed by atoms with van der Waals surface area (Å²) in [5.41, 5.74) is 1.03. The van der Waals surface area contributed by atoms with Crippen LogP contribution in [0.5, 0.6) is 0 Å². The molecule has 1 saturated heterocycles. The zero-order valence-corrected chi connectivity index (χ0v) is 16.6. The number of para-hydroxylation sites is 1. The van der Waals surface area contributed by atoms with E-state index in [4.69, 9.17) is 4.74 Å². The number of carbonyl (C=O) groups excluding carboxylic acids is 4. The van der Waals surface area contributed by atoms with E-state index < -0.39 is 30.2 Å². The van der Waals surface area contributed by atoms with Crippen molar-refractivity contribution in [3.05, 3.63) is 29.8 Å². The van der Waals surface area contributed by atoms with Crippen LogP contribution in [0.3, 0.4) is 0 Å². The normalized spacial score (nSPS) is 23.3. The average molecular weight is 399 g/mol. The quantitative estimate of drug-likeness (QED) is 0.615. The lowest BCUT2D eigenvalue weighted by Gasteiger charge is -2.26. The standard InChI is InChI=1S/C21H25N3O5/c1-13-11-15-7-3-4-8-16(15)24(13)18(26)14(2)29-17(25)12-23-19(27)21(22-20(23)28)9-5-6-10-21/h3-4,7-8,13-14H,5-6,9-12H2,1-2H3,(H,22,28)/t13-,14+/m0/s1. The summed E-state index contributed by atoms with van der Waals surface area (Å²) in [5.74, 6) is -1.47. The molecule has 0 unspecified atom stereocenters. The largest absolute Gasteiger partial charge is 0.451 e. The predicted octanol–water partition coefficient (Wildman–Crippen LogP) is 1.76. The summed E-state index contributed by atoms with van der Waals surface area (Å²) in [4.78, 5) is 52.7. The van der Waals surface area contributed by atoms with E-state index in [0.29, 0.717) is 12.8 Å². The zero-order valence-electron chi connectivity index (χ0n) is 16.6. The van der Waals surface area contributed by atoms with Crippen molar-refractivity contribution in [3.63, 3.8) is 0 Å². The highest BCUT2D eigenvalue weighted by molar-refractivity contribution is 6.09. The van der Waals surface area contributed by atoms with Crippen molar-refractivity contribution in [1.82, 2.24) is 10.2 Å². The van der Waals surface area contributed by atoms with E-state index in [0.717, 1.165) is 35.4 Å². The number of rotatable bonds is 4. The molecule has 2 fully saturated rings. The summed E-state index contributed by atoms with van der Waals surface area (Å²) >= 11 is 0. The molecule has 0 bridgehead atoms. The van der Waals surface area contributed by atoms with Crippen LogP contribution in [-0.4, -0.2) is 52.9 Å². The number of urea groups is 1. The molecule has 1 saturated carbocycles. The van der Waals surface area contributed by atoms with Gasteiger partial charge in [0.25, 0.3) is 11.8 Å². The number of fused-ring (bicyclic) bond motifs is 1. The Bertz CT molecular complexity index is 877. The highest BCUT2D eigenvalue weighted by Crippen LogP contribution is 2.35. The summed E-state index contributed by atoms with van der Waals surface area (Å²) in [6.45, 7) is 2.97. The van der Waals surface area contributed by atoms with Crippen molar-refractivity contribution in [2.24, 2.45) is 0 Å². The molecule has 0 radical (unpaired) electrons. The maximum atomic E-state index is 12.9. The number of benzene rings is 1. The van der Waals surface area contributed by atoms with Crippen LogP contribution in [0.4, 0.5) is 10.5 Å². The first-order valence-electron chi connectivity index (χ1n) is 10.1. The second-order valence-electron chi connectivity index (χ2n) is 8.13. The summed E-state index contributed by atoms with van der Waals surface area (Å²) < 4.78 is 5.29. The van der Waals surface area contributed by atoms with E-state index in [1.807, 2.05) is 31.2 Å². The first-order valence-corrected chi connectivity index (χ1v) is 10.1. The number of hydrogen-bond donors (Lipinski definition) is 1. The predicted molar refractivity (Wildman–Crippen MR) is 104 cm³/mol. The molecule has 2 aliphatic heterocycles. The lowest BCUT2D eigenvalue weighted by Crippen LogP contribution is -2.46. The molecule has 2 atom stereocenters. The molecule has 29 heavy (non-hydrogen) atoms. The van der Waals surface area contributed by atoms with Crippen LogP contribution in [-0.2, 0) is 25.5 Å². The van der Waals surface area contributed by atoms with E-state index >= 15 is 0 Å². The molecule has 8 heteroatoms. The van der Waals surface area contributed by atoms with Gasteiger partial charge in [0.05, 0.1) is 0 Å². The number of amides is 4. The molecule has 2 heterocycles. The number of ether oxygens (including phenoxy) is 1. The minimum absolute atomic E-state index is 0.0331. The monoisotopic (exact) mass is 399 g/mol. The van der Waals surface area contributed by atoms with Crippen molar-refractivity contribution in [3.8, 4) is 0 Å². The third kappa shape index (κ3) is 3.26. The van der Waals surface area contributed by atoms with Crippen LogP contribution in [0.2, 0.25) is 0 Å². The van der Waals surface area contributed by atoms with Gasteiger partial charge in [0.2, 0.25) is 0 Å². The minimum atomic E-state index is -1.02. The van der Waals surface area contributed by atoms with E-state index in [1.165, 1.54) is 6.92 Å². The van der Waals surface area contributed by atoms with Crippen molar-refractivity contribution in [2.75, 3.05) is 11.4 Å². The number of esters is 1. The lowest BCUT2D eigenvalue weighted by atomic mass is 9.98. The van der Waals surface area contributed by atoms with Crippen molar-refractivity contribution < 1.29 is 23.9 Å². The van der Waals surface area contributed by atoms with Gasteiger partial charge in [-0.05, 0) is 44.7 Å². The van der Waals surface area contributed by atoms with Crippen LogP contribution >= 0.6 is 0 Å². The van der Waals surface area contributed by atoms with Crippen LogP contribution < -0.4 is 10.2 Å². The van der Waals surface area contributed by atoms with E-state index in [9.17, 15) is 19.2 Å². The van der Waals surface area contributed by atoms with Gasteiger partial charge in [0.1, 0.15) is 12.1 Å². The van der Waals surface area contributed by atoms with Gasteiger partial charge in [-0.1, -0.05) is 31.0 Å². The molecular formula is C21H25N3O5. The molecule has 0 aromatic heterocycles. The number of imide groups is 1. The second-order valence-corrected chi connectivity index (χ2v) is 8.13. The number of anilines is 1. The van der Waals surface area contributed by atoms with Crippen molar-refractivity contribution in [2.45, 2.75) is 63.6 Å². The second kappa shape index (κ2) is 7.17. The van der Waals surface area contributed by atoms with E-state index in [1.54, 1.807) is 4.90 Å². The third-order valence-corrected chi connectivity index (χ3v) is 6.09. The average Bonchev–Trinajstić information content (AvgIpc) is 3.34. The Hall–Kier alpha value is -2.90. The summed E-state index contributed by atoms with van der Waals surface area (Å²) in [5, 5.41) is 2.73. The Labute approximate surface area is 169 Å². The maximum absolute atomic E-state index is 12.9. The molecule has 1 spiro atoms. The number of hydrogen-bond acceptors (Lipinski definition) is 5. The lowest BCUT2D eigenvalue weighted by molar-refractivity contribution is -0.156. The molecular weight excluding hydrogens is 374 g/mol. The zero-order chi connectivity index (χ0) is 20.8. The van der Waals surface area contributed by atoms with Gasteiger partial charge in [0, 0.05) is 11.7 Å². The summed E-state index contributed by atoms with van der Waals surface area (Å²) in [6, 6.07) is 7.04. The first kappa shape index (κ1) is 19.4. The highest BCUT2D eigenvalue weighted by Gasteiger charge is 2.53. The van der Waals surface area contributed by atoms with Gasteiger partial charge in [0.15, 0.2) is 6.10 Å². The van der Waals surface area contributed by atoms with Crippen LogP contribution in [0.1, 0.15) is 45.1 Å². The third-order valence-electron chi connectivity index (χ3n) is 6.09. The Kier molecular flexibility index (Phi) is 4.80. The van der Waals surface area contributed by atoms with Crippen molar-refractivity contribution >= 4 is 29.5 Å². The molecule has 4 amide bonds. The SMILES string of the molecule is C[C@@H](OC(=O)CN1C(=O)NC2(CCCC2)C1=O)C(=O)N1c2ccccc2C[C@@H]1C. The Balaban J connectivity index is 1.39. The molecule has 1 aromatic rings. The summed E-state index contributed by atoms with van der Waals surface area (Å²) in [6.07, 6.45) is 2.63. The highest BCUT2D eigenvalue weighted by atomic mass is 16.5. The smallest absolute Gasteiger partial charge is 0.327 e. The fraction of sp³-hybridized carbons (Fsp3) is 0.524. The van der Waals surface area contributed by atoms with E-state index in [2.05, 4.69) is 5.32 Å². The number of nitrogens with one attached hydrogen (secondary N) is 1.